The van der Waals surface area contributed by atoms with Gasteiger partial charge in [-0.1, -0.05) is 29.8 Å². The van der Waals surface area contributed by atoms with E-state index in [9.17, 15) is 4.79 Å². The molecule has 1 fully saturated rings. The maximum absolute atomic E-state index is 12.6. The molecule has 0 unspecified atom stereocenters. The summed E-state index contributed by atoms with van der Waals surface area (Å²) < 4.78 is 7.31. The molecular formula is C21H21ClN4O2. The average Bonchev–Trinajstić information content (AvgIpc) is 3.07. The Morgan fingerprint density at radius 3 is 2.64 bits per heavy atom. The summed E-state index contributed by atoms with van der Waals surface area (Å²) in [6, 6.07) is 13.6. The second-order valence-electron chi connectivity index (χ2n) is 6.53. The number of methoxy groups -OCH3 is 1. The number of ether oxygens (including phenoxy) is 1. The number of nitrogens with zero attached hydrogens (tertiary/aromatic N) is 4. The summed E-state index contributed by atoms with van der Waals surface area (Å²) in [6.07, 6.45) is 5.18. The zero-order chi connectivity index (χ0) is 19.5. The van der Waals surface area contributed by atoms with E-state index in [-0.39, 0.29) is 5.91 Å². The molecule has 1 aliphatic heterocycles. The zero-order valence-electron chi connectivity index (χ0n) is 15.6. The predicted octanol–water partition coefficient (Wildman–Crippen LogP) is 3.36. The second kappa shape index (κ2) is 7.94. The molecule has 6 nitrogen and oxygen atoms in total. The molecule has 1 amide bonds. The molecule has 0 N–H and O–H groups in total. The van der Waals surface area contributed by atoms with Crippen LogP contribution in [-0.4, -0.2) is 53.5 Å². The third kappa shape index (κ3) is 3.55. The van der Waals surface area contributed by atoms with Crippen molar-refractivity contribution in [2.24, 2.45) is 0 Å². The lowest BCUT2D eigenvalue weighted by atomic mass is 10.2. The molecule has 28 heavy (non-hydrogen) atoms. The molecule has 3 heterocycles. The molecule has 0 spiro atoms. The van der Waals surface area contributed by atoms with E-state index in [1.54, 1.807) is 19.3 Å². The first-order valence-corrected chi connectivity index (χ1v) is 9.52. The van der Waals surface area contributed by atoms with Gasteiger partial charge in [-0.25, -0.2) is 4.98 Å². The number of benzene rings is 1. The first kappa shape index (κ1) is 18.4. The molecule has 7 heteroatoms. The molecule has 2 aromatic heterocycles. The summed E-state index contributed by atoms with van der Waals surface area (Å²) in [5.41, 5.74) is 2.52. The number of carbonyl (C=O) groups is 1. The Morgan fingerprint density at radius 1 is 1.11 bits per heavy atom. The molecule has 0 atom stereocenters. The van der Waals surface area contributed by atoms with Gasteiger partial charge in [-0.15, -0.1) is 0 Å². The number of para-hydroxylation sites is 2. The van der Waals surface area contributed by atoms with E-state index >= 15 is 0 Å². The van der Waals surface area contributed by atoms with Crippen molar-refractivity contribution >= 4 is 34.9 Å². The van der Waals surface area contributed by atoms with Crippen LogP contribution in [0.4, 0.5) is 5.69 Å². The Balaban J connectivity index is 1.43. The first-order valence-electron chi connectivity index (χ1n) is 9.15. The summed E-state index contributed by atoms with van der Waals surface area (Å²) in [5, 5.41) is 0.385. The highest BCUT2D eigenvalue weighted by atomic mass is 35.5. The predicted molar refractivity (Wildman–Crippen MR) is 111 cm³/mol. The largest absolute Gasteiger partial charge is 0.495 e. The van der Waals surface area contributed by atoms with Crippen molar-refractivity contribution in [1.29, 1.82) is 0 Å². The van der Waals surface area contributed by atoms with Gasteiger partial charge in [-0.2, -0.15) is 0 Å². The number of fused-ring (bicyclic) bond motifs is 1. The summed E-state index contributed by atoms with van der Waals surface area (Å²) in [4.78, 5) is 21.0. The van der Waals surface area contributed by atoms with Gasteiger partial charge in [-0.3, -0.25) is 9.20 Å². The standard InChI is InChI=1S/C21H21ClN4O2/c1-28-18-7-3-2-6-16(18)24-12-14-25(15-13-24)20(27)10-9-17-21(22)23-19-8-4-5-11-26(17)19/h2-11H,12-15H2,1H3. The number of rotatable bonds is 4. The third-order valence-corrected chi connectivity index (χ3v) is 5.20. The van der Waals surface area contributed by atoms with E-state index in [0.29, 0.717) is 23.9 Å². The molecule has 0 aliphatic carbocycles. The van der Waals surface area contributed by atoms with Gasteiger partial charge in [-0.05, 0) is 30.3 Å². The molecule has 1 saturated heterocycles. The van der Waals surface area contributed by atoms with Gasteiger partial charge >= 0.3 is 0 Å². The topological polar surface area (TPSA) is 50.1 Å². The van der Waals surface area contributed by atoms with E-state index in [0.717, 1.165) is 30.2 Å². The number of aromatic nitrogens is 2. The summed E-state index contributed by atoms with van der Waals surface area (Å²) >= 11 is 6.23. The Bertz CT molecular complexity index is 1020. The number of anilines is 1. The number of carbonyl (C=O) groups excluding carboxylic acids is 1. The quantitative estimate of drug-likeness (QED) is 0.634. The van der Waals surface area contributed by atoms with Gasteiger partial charge in [0.1, 0.15) is 11.4 Å². The average molecular weight is 397 g/mol. The van der Waals surface area contributed by atoms with Crippen LogP contribution in [0.25, 0.3) is 11.7 Å². The van der Waals surface area contributed by atoms with Crippen LogP contribution >= 0.6 is 11.6 Å². The number of hydrogen-bond acceptors (Lipinski definition) is 4. The molecule has 1 aromatic carbocycles. The minimum Gasteiger partial charge on any atom is -0.495 e. The lowest BCUT2D eigenvalue weighted by Gasteiger charge is -2.36. The van der Waals surface area contributed by atoms with Crippen LogP contribution < -0.4 is 9.64 Å². The highest BCUT2D eigenvalue weighted by Crippen LogP contribution is 2.28. The fourth-order valence-electron chi connectivity index (χ4n) is 3.45. The summed E-state index contributed by atoms with van der Waals surface area (Å²) in [7, 11) is 1.68. The second-order valence-corrected chi connectivity index (χ2v) is 6.89. The highest BCUT2D eigenvalue weighted by molar-refractivity contribution is 6.31. The van der Waals surface area contributed by atoms with Crippen molar-refractivity contribution < 1.29 is 9.53 Å². The minimum atomic E-state index is -0.0263. The van der Waals surface area contributed by atoms with Crippen molar-refractivity contribution in [2.45, 2.75) is 0 Å². The fraction of sp³-hybridized carbons (Fsp3) is 0.238. The van der Waals surface area contributed by atoms with E-state index < -0.39 is 0 Å². The lowest BCUT2D eigenvalue weighted by Crippen LogP contribution is -2.48. The molecule has 0 bridgehead atoms. The van der Waals surface area contributed by atoms with Gasteiger partial charge < -0.3 is 14.5 Å². The zero-order valence-corrected chi connectivity index (χ0v) is 16.3. The number of halogens is 1. The maximum atomic E-state index is 12.6. The number of amides is 1. The van der Waals surface area contributed by atoms with E-state index in [2.05, 4.69) is 9.88 Å². The molecule has 0 saturated carbocycles. The molecule has 3 aromatic rings. The Morgan fingerprint density at radius 2 is 1.86 bits per heavy atom. The van der Waals surface area contributed by atoms with Gasteiger partial charge in [0.2, 0.25) is 5.91 Å². The Hall–Kier alpha value is -2.99. The van der Waals surface area contributed by atoms with Crippen molar-refractivity contribution in [3.8, 4) is 5.75 Å². The maximum Gasteiger partial charge on any atom is 0.246 e. The third-order valence-electron chi connectivity index (χ3n) is 4.92. The van der Waals surface area contributed by atoms with Gasteiger partial charge in [0, 0.05) is 38.5 Å². The smallest absolute Gasteiger partial charge is 0.246 e. The number of piperazine rings is 1. The van der Waals surface area contributed by atoms with E-state index in [1.807, 2.05) is 58.0 Å². The van der Waals surface area contributed by atoms with Crippen LogP contribution in [-0.2, 0) is 4.79 Å². The van der Waals surface area contributed by atoms with Crippen LogP contribution in [0.1, 0.15) is 5.69 Å². The number of hydrogen-bond donors (Lipinski definition) is 0. The fourth-order valence-corrected chi connectivity index (χ4v) is 3.69. The number of imidazole rings is 1. The van der Waals surface area contributed by atoms with E-state index in [4.69, 9.17) is 16.3 Å². The molecule has 1 aliphatic rings. The van der Waals surface area contributed by atoms with Crippen LogP contribution in [0.2, 0.25) is 5.15 Å². The first-order chi connectivity index (χ1) is 13.7. The summed E-state index contributed by atoms with van der Waals surface area (Å²) in [6.45, 7) is 2.83. The van der Waals surface area contributed by atoms with Crippen LogP contribution in [0.5, 0.6) is 5.75 Å². The van der Waals surface area contributed by atoms with Gasteiger partial charge in [0.15, 0.2) is 5.15 Å². The normalized spacial score (nSPS) is 14.8. The van der Waals surface area contributed by atoms with Gasteiger partial charge in [0.25, 0.3) is 0 Å². The lowest BCUT2D eigenvalue weighted by molar-refractivity contribution is -0.126. The van der Waals surface area contributed by atoms with Crippen molar-refractivity contribution in [2.75, 3.05) is 38.2 Å². The number of pyridine rings is 1. The van der Waals surface area contributed by atoms with Crippen molar-refractivity contribution in [3.05, 3.63) is 65.6 Å². The van der Waals surface area contributed by atoms with Crippen LogP contribution in [0.3, 0.4) is 0 Å². The summed E-state index contributed by atoms with van der Waals surface area (Å²) in [5.74, 6) is 0.825. The van der Waals surface area contributed by atoms with Gasteiger partial charge in [0.05, 0.1) is 18.5 Å². The van der Waals surface area contributed by atoms with Crippen molar-refractivity contribution in [3.63, 3.8) is 0 Å². The highest BCUT2D eigenvalue weighted by Gasteiger charge is 2.21. The molecular weight excluding hydrogens is 376 g/mol. The minimum absolute atomic E-state index is 0.0263. The van der Waals surface area contributed by atoms with Crippen LogP contribution in [0.15, 0.2) is 54.7 Å². The van der Waals surface area contributed by atoms with E-state index in [1.165, 1.54) is 0 Å². The Kier molecular flexibility index (Phi) is 5.21. The SMILES string of the molecule is COc1ccccc1N1CCN(C(=O)C=Cc2c(Cl)nc3ccccn23)CC1. The van der Waals surface area contributed by atoms with Crippen LogP contribution in [0, 0.1) is 0 Å². The molecule has 0 radical (unpaired) electrons. The van der Waals surface area contributed by atoms with Crippen molar-refractivity contribution in [1.82, 2.24) is 14.3 Å². The molecule has 144 valence electrons. The monoisotopic (exact) mass is 396 g/mol. The molecule has 4 rings (SSSR count). The Labute approximate surface area is 168 Å².